The Balaban J connectivity index is 1.63. The molecule has 122 valence electrons. The van der Waals surface area contributed by atoms with E-state index in [2.05, 4.69) is 10.4 Å². The van der Waals surface area contributed by atoms with E-state index in [1.54, 1.807) is 41.0 Å². The topological polar surface area (TPSA) is 70.5 Å². The Morgan fingerprint density at radius 2 is 2.36 bits per heavy atom. The zero-order valence-corrected chi connectivity index (χ0v) is 13.7. The third-order valence-electron chi connectivity index (χ3n) is 3.74. The van der Waals surface area contributed by atoms with E-state index in [-0.39, 0.29) is 17.9 Å². The monoisotopic (exact) mass is 327 g/mol. The Bertz CT molecular complexity index is 533. The van der Waals surface area contributed by atoms with Crippen molar-refractivity contribution in [1.29, 1.82) is 0 Å². The Labute approximate surface area is 135 Å². The van der Waals surface area contributed by atoms with Crippen LogP contribution in [0.25, 0.3) is 0 Å². The molecular formula is C14H22ClN5O2. The van der Waals surface area contributed by atoms with Gasteiger partial charge in [-0.05, 0) is 6.42 Å². The van der Waals surface area contributed by atoms with Crippen LogP contribution in [0.15, 0.2) is 12.4 Å². The molecule has 0 radical (unpaired) electrons. The van der Waals surface area contributed by atoms with Gasteiger partial charge in [0.25, 0.3) is 0 Å². The van der Waals surface area contributed by atoms with Crippen molar-refractivity contribution in [2.24, 2.45) is 5.92 Å². The molecule has 2 rings (SSSR count). The minimum Gasteiger partial charge on any atom is -0.345 e. The molecule has 0 aromatic carbocycles. The molecule has 3 amide bonds. The third-order valence-corrected chi connectivity index (χ3v) is 3.94. The fourth-order valence-corrected chi connectivity index (χ4v) is 2.74. The zero-order valence-electron chi connectivity index (χ0n) is 13.0. The van der Waals surface area contributed by atoms with Crippen LogP contribution in [0.5, 0.6) is 0 Å². The second kappa shape index (κ2) is 7.49. The Kier molecular flexibility index (Phi) is 5.65. The molecule has 1 unspecified atom stereocenters. The van der Waals surface area contributed by atoms with Crippen molar-refractivity contribution in [1.82, 2.24) is 24.9 Å². The Morgan fingerprint density at radius 1 is 1.59 bits per heavy atom. The number of carbonyl (C=O) groups excluding carboxylic acids is 2. The summed E-state index contributed by atoms with van der Waals surface area (Å²) in [6, 6.07) is -0.111. The lowest BCUT2D eigenvalue weighted by Crippen LogP contribution is -2.40. The Hall–Kier alpha value is -1.76. The first-order chi connectivity index (χ1) is 10.5. The van der Waals surface area contributed by atoms with Gasteiger partial charge in [0.15, 0.2) is 0 Å². The standard InChI is InChI=1S/C14H22ClN5O2/c1-18-8-11(6-13(18)21)9-19(2)14(22)16-4-3-5-20-10-12(15)7-17-20/h7,10-11H,3-6,8-9H2,1-2H3,(H,16,22). The highest BCUT2D eigenvalue weighted by Crippen LogP contribution is 2.16. The van der Waals surface area contributed by atoms with Gasteiger partial charge in [-0.15, -0.1) is 0 Å². The van der Waals surface area contributed by atoms with Gasteiger partial charge in [-0.2, -0.15) is 5.10 Å². The molecule has 1 aliphatic heterocycles. The van der Waals surface area contributed by atoms with Gasteiger partial charge >= 0.3 is 6.03 Å². The highest BCUT2D eigenvalue weighted by atomic mass is 35.5. The lowest BCUT2D eigenvalue weighted by Gasteiger charge is -2.21. The summed E-state index contributed by atoms with van der Waals surface area (Å²) in [6.45, 7) is 2.59. The van der Waals surface area contributed by atoms with E-state index in [1.165, 1.54) is 0 Å². The summed E-state index contributed by atoms with van der Waals surface area (Å²) < 4.78 is 1.75. The molecule has 0 spiro atoms. The summed E-state index contributed by atoms with van der Waals surface area (Å²) in [5.74, 6) is 0.371. The second-order valence-corrected chi connectivity index (χ2v) is 6.17. The van der Waals surface area contributed by atoms with Gasteiger partial charge < -0.3 is 15.1 Å². The maximum Gasteiger partial charge on any atom is 0.317 e. The fraction of sp³-hybridized carbons (Fsp3) is 0.643. The lowest BCUT2D eigenvalue weighted by atomic mass is 10.1. The van der Waals surface area contributed by atoms with Crippen molar-refractivity contribution in [3.63, 3.8) is 0 Å². The molecule has 1 atom stereocenters. The van der Waals surface area contributed by atoms with Crippen molar-refractivity contribution in [2.75, 3.05) is 33.7 Å². The van der Waals surface area contributed by atoms with E-state index < -0.39 is 0 Å². The van der Waals surface area contributed by atoms with Crippen LogP contribution in [0, 0.1) is 5.92 Å². The molecule has 2 heterocycles. The average Bonchev–Trinajstić information content (AvgIpc) is 3.01. The summed E-state index contributed by atoms with van der Waals surface area (Å²) in [7, 11) is 3.55. The van der Waals surface area contributed by atoms with Crippen LogP contribution in [0.2, 0.25) is 5.02 Å². The normalized spacial score (nSPS) is 17.9. The minimum atomic E-state index is -0.111. The number of halogens is 1. The van der Waals surface area contributed by atoms with Gasteiger partial charge in [-0.1, -0.05) is 11.6 Å². The molecule has 7 nitrogen and oxygen atoms in total. The van der Waals surface area contributed by atoms with E-state index in [9.17, 15) is 9.59 Å². The molecule has 1 aromatic rings. The summed E-state index contributed by atoms with van der Waals surface area (Å²) in [5, 5.41) is 7.56. The molecular weight excluding hydrogens is 306 g/mol. The number of likely N-dealkylation sites (tertiary alicyclic amines) is 1. The molecule has 0 saturated carbocycles. The second-order valence-electron chi connectivity index (χ2n) is 5.73. The number of nitrogens with one attached hydrogen (secondary N) is 1. The van der Waals surface area contributed by atoms with Gasteiger partial charge in [0, 0.05) is 58.8 Å². The van der Waals surface area contributed by atoms with E-state index in [0.717, 1.165) is 13.0 Å². The molecule has 1 saturated heterocycles. The van der Waals surface area contributed by atoms with E-state index in [4.69, 9.17) is 11.6 Å². The molecule has 1 N–H and O–H groups in total. The van der Waals surface area contributed by atoms with Crippen molar-refractivity contribution < 1.29 is 9.59 Å². The average molecular weight is 328 g/mol. The maximum absolute atomic E-state index is 12.0. The van der Waals surface area contributed by atoms with Crippen LogP contribution in [-0.4, -0.2) is 65.2 Å². The predicted molar refractivity (Wildman–Crippen MR) is 83.6 cm³/mol. The number of rotatable bonds is 6. The van der Waals surface area contributed by atoms with Crippen LogP contribution in [0.1, 0.15) is 12.8 Å². The minimum absolute atomic E-state index is 0.111. The molecule has 1 fully saturated rings. The highest BCUT2D eigenvalue weighted by molar-refractivity contribution is 6.30. The number of aromatic nitrogens is 2. The SMILES string of the molecule is CN1CC(CN(C)C(=O)NCCCn2cc(Cl)cn2)CC1=O. The molecule has 1 aromatic heterocycles. The predicted octanol–water partition coefficient (Wildman–Crippen LogP) is 1.05. The van der Waals surface area contributed by atoms with Gasteiger partial charge in [-0.25, -0.2) is 4.79 Å². The first-order valence-corrected chi connectivity index (χ1v) is 7.74. The van der Waals surface area contributed by atoms with Crippen LogP contribution < -0.4 is 5.32 Å². The number of hydrogen-bond donors (Lipinski definition) is 1. The molecule has 1 aliphatic rings. The van der Waals surface area contributed by atoms with Crippen LogP contribution in [-0.2, 0) is 11.3 Å². The summed E-state index contributed by atoms with van der Waals surface area (Å²) >= 11 is 5.78. The van der Waals surface area contributed by atoms with E-state index in [0.29, 0.717) is 31.1 Å². The number of aryl methyl sites for hydroxylation is 1. The fourth-order valence-electron chi connectivity index (χ4n) is 2.58. The summed E-state index contributed by atoms with van der Waals surface area (Å²) in [5.41, 5.74) is 0. The number of hydrogen-bond acceptors (Lipinski definition) is 3. The van der Waals surface area contributed by atoms with Gasteiger partial charge in [-0.3, -0.25) is 9.48 Å². The summed E-state index contributed by atoms with van der Waals surface area (Å²) in [4.78, 5) is 26.8. The summed E-state index contributed by atoms with van der Waals surface area (Å²) in [6.07, 6.45) is 4.65. The van der Waals surface area contributed by atoms with Gasteiger partial charge in [0.05, 0.1) is 11.2 Å². The number of carbonyl (C=O) groups is 2. The molecule has 0 aliphatic carbocycles. The maximum atomic E-state index is 12.0. The molecule has 22 heavy (non-hydrogen) atoms. The van der Waals surface area contributed by atoms with E-state index >= 15 is 0 Å². The molecule has 0 bridgehead atoms. The van der Waals surface area contributed by atoms with Gasteiger partial charge in [0.2, 0.25) is 5.91 Å². The van der Waals surface area contributed by atoms with Crippen LogP contribution in [0.3, 0.4) is 0 Å². The van der Waals surface area contributed by atoms with Crippen LogP contribution in [0.4, 0.5) is 4.79 Å². The first-order valence-electron chi connectivity index (χ1n) is 7.36. The van der Waals surface area contributed by atoms with Crippen LogP contribution >= 0.6 is 11.6 Å². The highest BCUT2D eigenvalue weighted by Gasteiger charge is 2.28. The number of amides is 3. The smallest absolute Gasteiger partial charge is 0.317 e. The number of nitrogens with zero attached hydrogens (tertiary/aromatic N) is 4. The largest absolute Gasteiger partial charge is 0.345 e. The quantitative estimate of drug-likeness (QED) is 0.794. The van der Waals surface area contributed by atoms with Crippen molar-refractivity contribution in [2.45, 2.75) is 19.4 Å². The van der Waals surface area contributed by atoms with E-state index in [1.807, 2.05) is 0 Å². The molecule has 8 heteroatoms. The van der Waals surface area contributed by atoms with Crippen molar-refractivity contribution >= 4 is 23.5 Å². The zero-order chi connectivity index (χ0) is 16.1. The van der Waals surface area contributed by atoms with Crippen molar-refractivity contribution in [3.8, 4) is 0 Å². The van der Waals surface area contributed by atoms with Gasteiger partial charge in [0.1, 0.15) is 0 Å². The third kappa shape index (κ3) is 4.62. The first kappa shape index (κ1) is 16.6. The lowest BCUT2D eigenvalue weighted by molar-refractivity contribution is -0.126. The number of urea groups is 1. The van der Waals surface area contributed by atoms with Crippen molar-refractivity contribution in [3.05, 3.63) is 17.4 Å². The Morgan fingerprint density at radius 3 is 2.95 bits per heavy atom.